The monoisotopic (exact) mass is 414 g/mol. The Hall–Kier alpha value is -1.93. The third-order valence-electron chi connectivity index (χ3n) is 4.58. The van der Waals surface area contributed by atoms with Gasteiger partial charge in [0.15, 0.2) is 23.1 Å². The van der Waals surface area contributed by atoms with E-state index in [9.17, 15) is 13.9 Å². The topological polar surface area (TPSA) is 63.6 Å². The molecule has 0 spiro atoms. The first-order valence-corrected chi connectivity index (χ1v) is 8.30. The number of halogens is 3. The van der Waals surface area contributed by atoms with Crippen LogP contribution in [-0.4, -0.2) is 30.9 Å². The molecule has 1 aromatic heterocycles. The molecule has 2 N–H and O–H groups in total. The van der Waals surface area contributed by atoms with Gasteiger partial charge in [-0.2, -0.15) is 0 Å². The molecule has 1 aliphatic heterocycles. The summed E-state index contributed by atoms with van der Waals surface area (Å²) in [5, 5.41) is 14.0. The maximum atomic E-state index is 14.8. The van der Waals surface area contributed by atoms with Gasteiger partial charge in [0.2, 0.25) is 0 Å². The molecule has 2 atom stereocenters. The molecule has 0 aliphatic carbocycles. The summed E-state index contributed by atoms with van der Waals surface area (Å²) in [6.45, 7) is 1.99. The van der Waals surface area contributed by atoms with Crippen molar-refractivity contribution >= 4 is 21.7 Å². The molecule has 0 saturated carbocycles. The van der Waals surface area contributed by atoms with E-state index in [4.69, 9.17) is 9.47 Å². The summed E-state index contributed by atoms with van der Waals surface area (Å²) in [7, 11) is 2.53. The fourth-order valence-electron chi connectivity index (χ4n) is 3.09. The zero-order chi connectivity index (χ0) is 18.4. The van der Waals surface area contributed by atoms with E-state index in [1.54, 1.807) is 19.2 Å². The van der Waals surface area contributed by atoms with E-state index in [0.29, 0.717) is 15.9 Å². The molecule has 2 unspecified atom stereocenters. The molecule has 134 valence electrons. The second-order valence-corrected chi connectivity index (χ2v) is 6.96. The van der Waals surface area contributed by atoms with E-state index in [-0.39, 0.29) is 18.0 Å². The van der Waals surface area contributed by atoms with E-state index < -0.39 is 28.7 Å². The first-order valence-electron chi connectivity index (χ1n) is 7.51. The van der Waals surface area contributed by atoms with Crippen LogP contribution in [0.4, 0.5) is 14.6 Å². The van der Waals surface area contributed by atoms with Crippen molar-refractivity contribution in [2.45, 2.75) is 18.4 Å². The van der Waals surface area contributed by atoms with Crippen molar-refractivity contribution in [3.63, 3.8) is 0 Å². The van der Waals surface area contributed by atoms with Crippen LogP contribution in [0.15, 0.2) is 22.8 Å². The van der Waals surface area contributed by atoms with Crippen molar-refractivity contribution < 1.29 is 23.4 Å². The smallest absolute Gasteiger partial charge is 0.174 e. The van der Waals surface area contributed by atoms with Crippen LogP contribution in [0.25, 0.3) is 0 Å². The fraction of sp³-hybridized carbons (Fsp3) is 0.353. The molecule has 1 aromatic carbocycles. The summed E-state index contributed by atoms with van der Waals surface area (Å²) >= 11 is 3.34. The largest absolute Gasteiger partial charge is 0.494 e. The highest BCUT2D eigenvalue weighted by Gasteiger charge is 2.45. The normalized spacial score (nSPS) is 20.0. The Morgan fingerprint density at radius 3 is 2.40 bits per heavy atom. The average Bonchev–Trinajstić information content (AvgIpc) is 2.93. The molecule has 0 radical (unpaired) electrons. The summed E-state index contributed by atoms with van der Waals surface area (Å²) in [5.41, 5.74) is -0.825. The molecule has 2 aromatic rings. The van der Waals surface area contributed by atoms with Crippen molar-refractivity contribution in [1.82, 2.24) is 4.98 Å². The lowest BCUT2D eigenvalue weighted by molar-refractivity contribution is 0.0916. The Kier molecular flexibility index (Phi) is 4.59. The predicted octanol–water partition coefficient (Wildman–Crippen LogP) is 3.56. The first-order chi connectivity index (χ1) is 11.8. The van der Waals surface area contributed by atoms with Crippen LogP contribution < -0.4 is 14.8 Å². The number of nitrogens with zero attached hydrogens (tertiary/aromatic N) is 1. The van der Waals surface area contributed by atoms with Crippen molar-refractivity contribution in [1.29, 1.82) is 0 Å². The van der Waals surface area contributed by atoms with Gasteiger partial charge in [0, 0.05) is 34.3 Å². The second-order valence-electron chi connectivity index (χ2n) is 6.05. The summed E-state index contributed by atoms with van der Waals surface area (Å²) in [6.07, 6.45) is 0.126. The van der Waals surface area contributed by atoms with Crippen molar-refractivity contribution in [3.05, 3.63) is 45.6 Å². The number of aliphatic hydroxyl groups excluding tert-OH is 1. The van der Waals surface area contributed by atoms with Crippen LogP contribution in [0.1, 0.15) is 24.2 Å². The van der Waals surface area contributed by atoms with Crippen molar-refractivity contribution in [2.24, 2.45) is 0 Å². The van der Waals surface area contributed by atoms with Crippen LogP contribution in [0.5, 0.6) is 11.5 Å². The molecule has 25 heavy (non-hydrogen) atoms. The van der Waals surface area contributed by atoms with Crippen LogP contribution in [0.3, 0.4) is 0 Å². The molecule has 5 nitrogen and oxygen atoms in total. The van der Waals surface area contributed by atoms with Gasteiger partial charge in [0.25, 0.3) is 0 Å². The second kappa shape index (κ2) is 6.42. The highest BCUT2D eigenvalue weighted by Crippen LogP contribution is 2.47. The molecule has 1 aliphatic rings. The molecule has 0 amide bonds. The van der Waals surface area contributed by atoms with Crippen molar-refractivity contribution in [2.75, 3.05) is 26.1 Å². The van der Waals surface area contributed by atoms with Gasteiger partial charge in [-0.25, -0.2) is 13.8 Å². The van der Waals surface area contributed by atoms with Crippen LogP contribution in [0.2, 0.25) is 0 Å². The molecular formula is C17H17BrF2N2O3. The Balaban J connectivity index is 2.17. The lowest BCUT2D eigenvalue weighted by atomic mass is 9.76. The van der Waals surface area contributed by atoms with Crippen LogP contribution >= 0.6 is 15.9 Å². The number of hydrogen-bond donors (Lipinski definition) is 2. The SMILES string of the molecule is COc1cc(OC)c(F)c(C(O)C2(C)CNc3ncc(Br)cc32)c1F. The number of ether oxygens (including phenoxy) is 2. The number of benzene rings is 1. The van der Waals surface area contributed by atoms with Gasteiger partial charge >= 0.3 is 0 Å². The summed E-state index contributed by atoms with van der Waals surface area (Å²) in [6, 6.07) is 2.89. The Morgan fingerprint density at radius 1 is 1.24 bits per heavy atom. The highest BCUT2D eigenvalue weighted by atomic mass is 79.9. The van der Waals surface area contributed by atoms with Gasteiger partial charge in [-0.3, -0.25) is 0 Å². The van der Waals surface area contributed by atoms with E-state index in [1.165, 1.54) is 14.2 Å². The van der Waals surface area contributed by atoms with Gasteiger partial charge in [0.1, 0.15) is 5.82 Å². The van der Waals surface area contributed by atoms with E-state index >= 15 is 0 Å². The van der Waals surface area contributed by atoms with Crippen LogP contribution in [-0.2, 0) is 5.41 Å². The number of fused-ring (bicyclic) bond motifs is 1. The standard InChI is InChI=1S/C17H17BrF2N2O3/c1-17(7-22-16-9(17)4-8(18)6-21-16)15(23)12-13(19)10(24-2)5-11(25-3)14(12)20/h4-6,15,23H,7H2,1-3H3,(H,21,22). The third-order valence-corrected chi connectivity index (χ3v) is 5.01. The highest BCUT2D eigenvalue weighted by molar-refractivity contribution is 9.10. The van der Waals surface area contributed by atoms with Gasteiger partial charge in [-0.15, -0.1) is 0 Å². The van der Waals surface area contributed by atoms with E-state index in [1.807, 2.05) is 0 Å². The number of aromatic nitrogens is 1. The molecule has 3 rings (SSSR count). The Morgan fingerprint density at radius 2 is 1.84 bits per heavy atom. The van der Waals surface area contributed by atoms with Gasteiger partial charge < -0.3 is 19.9 Å². The summed E-state index contributed by atoms with van der Waals surface area (Å²) in [5.74, 6) is -1.74. The van der Waals surface area contributed by atoms with E-state index in [0.717, 1.165) is 6.07 Å². The van der Waals surface area contributed by atoms with Crippen molar-refractivity contribution in [3.8, 4) is 11.5 Å². The number of hydrogen-bond acceptors (Lipinski definition) is 5. The maximum Gasteiger partial charge on any atom is 0.174 e. The lowest BCUT2D eigenvalue weighted by Gasteiger charge is -2.31. The molecular weight excluding hydrogens is 398 g/mol. The summed E-state index contributed by atoms with van der Waals surface area (Å²) < 4.78 is 40.1. The van der Waals surface area contributed by atoms with E-state index in [2.05, 4.69) is 26.2 Å². The molecule has 0 fully saturated rings. The van der Waals surface area contributed by atoms with Crippen LogP contribution in [0, 0.1) is 11.6 Å². The molecule has 2 heterocycles. The zero-order valence-corrected chi connectivity index (χ0v) is 15.4. The molecule has 8 heteroatoms. The van der Waals surface area contributed by atoms with Gasteiger partial charge in [-0.1, -0.05) is 6.92 Å². The van der Waals surface area contributed by atoms with Gasteiger partial charge in [0.05, 0.1) is 25.9 Å². The molecule has 0 saturated heterocycles. The lowest BCUT2D eigenvalue weighted by Crippen LogP contribution is -2.33. The summed E-state index contributed by atoms with van der Waals surface area (Å²) in [4.78, 5) is 4.24. The number of anilines is 1. The zero-order valence-electron chi connectivity index (χ0n) is 13.9. The average molecular weight is 415 g/mol. The minimum Gasteiger partial charge on any atom is -0.494 e. The number of methoxy groups -OCH3 is 2. The number of aliphatic hydroxyl groups is 1. The maximum absolute atomic E-state index is 14.8. The third kappa shape index (κ3) is 2.73. The number of pyridine rings is 1. The number of nitrogens with one attached hydrogen (secondary N) is 1. The quantitative estimate of drug-likeness (QED) is 0.800. The molecule has 0 bridgehead atoms. The van der Waals surface area contributed by atoms with Gasteiger partial charge in [-0.05, 0) is 22.0 Å². The Bertz CT molecular complexity index is 806. The predicted molar refractivity (Wildman–Crippen MR) is 92.2 cm³/mol. The fourth-order valence-corrected chi connectivity index (χ4v) is 3.42. The first kappa shape index (κ1) is 17.9. The minimum absolute atomic E-state index is 0.200. The Labute approximate surface area is 152 Å². The minimum atomic E-state index is -1.48. The number of rotatable bonds is 4.